The first-order valence-electron chi connectivity index (χ1n) is 6.01. The summed E-state index contributed by atoms with van der Waals surface area (Å²) < 4.78 is 9.88. The molecule has 0 bridgehead atoms. The molecule has 0 atom stereocenters. The van der Waals surface area contributed by atoms with Gasteiger partial charge in [-0.15, -0.1) is 0 Å². The first kappa shape index (κ1) is 13.9. The molecule has 0 unspecified atom stereocenters. The maximum Gasteiger partial charge on any atom is 0.239 e. The summed E-state index contributed by atoms with van der Waals surface area (Å²) in [5.41, 5.74) is 1.91. The highest BCUT2D eigenvalue weighted by Gasteiger charge is 2.16. The monoisotopic (exact) mass is 276 g/mol. The number of anilines is 2. The summed E-state index contributed by atoms with van der Waals surface area (Å²) in [5, 5.41) is 6.50. The normalized spacial score (nSPS) is 10.2. The van der Waals surface area contributed by atoms with E-state index in [4.69, 9.17) is 9.26 Å². The zero-order valence-electron chi connectivity index (χ0n) is 11.6. The SMILES string of the molecule is COc1nccc(N(C)C)c1NC(=O)Cc1ccon1. The highest BCUT2D eigenvalue weighted by molar-refractivity contribution is 5.96. The molecule has 0 fully saturated rings. The van der Waals surface area contributed by atoms with Gasteiger partial charge in [-0.2, -0.15) is 0 Å². The van der Waals surface area contributed by atoms with Crippen molar-refractivity contribution in [3.05, 3.63) is 30.3 Å². The number of nitrogens with zero attached hydrogens (tertiary/aromatic N) is 3. The fraction of sp³-hybridized carbons (Fsp3) is 0.308. The molecule has 2 heterocycles. The lowest BCUT2D eigenvalue weighted by molar-refractivity contribution is -0.115. The Morgan fingerprint density at radius 1 is 1.45 bits per heavy atom. The van der Waals surface area contributed by atoms with Crippen LogP contribution in [0.1, 0.15) is 5.69 Å². The molecular weight excluding hydrogens is 260 g/mol. The third kappa shape index (κ3) is 3.05. The Morgan fingerprint density at radius 2 is 2.25 bits per heavy atom. The molecule has 0 aromatic carbocycles. The van der Waals surface area contributed by atoms with Crippen LogP contribution in [0.2, 0.25) is 0 Å². The summed E-state index contributed by atoms with van der Waals surface area (Å²) in [4.78, 5) is 18.0. The van der Waals surface area contributed by atoms with Gasteiger partial charge >= 0.3 is 0 Å². The van der Waals surface area contributed by atoms with Crippen LogP contribution in [0, 0.1) is 0 Å². The predicted molar refractivity (Wildman–Crippen MR) is 74.0 cm³/mol. The lowest BCUT2D eigenvalue weighted by Gasteiger charge is -2.19. The third-order valence-corrected chi connectivity index (χ3v) is 2.67. The number of hydrogen-bond donors (Lipinski definition) is 1. The average molecular weight is 276 g/mol. The van der Waals surface area contributed by atoms with E-state index in [1.807, 2.05) is 19.0 Å². The number of methoxy groups -OCH3 is 1. The molecule has 20 heavy (non-hydrogen) atoms. The molecule has 2 aromatic rings. The van der Waals surface area contributed by atoms with Crippen LogP contribution in [0.4, 0.5) is 11.4 Å². The van der Waals surface area contributed by atoms with Crippen LogP contribution in [-0.4, -0.2) is 37.3 Å². The van der Waals surface area contributed by atoms with Gasteiger partial charge in [-0.1, -0.05) is 5.16 Å². The second-order valence-corrected chi connectivity index (χ2v) is 4.32. The summed E-state index contributed by atoms with van der Waals surface area (Å²) in [5.74, 6) is 0.151. The van der Waals surface area contributed by atoms with Crippen molar-refractivity contribution in [3.63, 3.8) is 0 Å². The first-order valence-corrected chi connectivity index (χ1v) is 6.01. The molecule has 0 radical (unpaired) electrons. The molecule has 7 nitrogen and oxygen atoms in total. The van der Waals surface area contributed by atoms with Gasteiger partial charge in [0.05, 0.1) is 24.9 Å². The Kier molecular flexibility index (Phi) is 4.19. The van der Waals surface area contributed by atoms with Crippen molar-refractivity contribution in [1.29, 1.82) is 0 Å². The van der Waals surface area contributed by atoms with E-state index in [1.54, 1.807) is 18.3 Å². The van der Waals surface area contributed by atoms with Gasteiger partial charge in [0.25, 0.3) is 0 Å². The van der Waals surface area contributed by atoms with Crippen LogP contribution in [-0.2, 0) is 11.2 Å². The lowest BCUT2D eigenvalue weighted by Crippen LogP contribution is -2.19. The highest BCUT2D eigenvalue weighted by Crippen LogP contribution is 2.31. The number of pyridine rings is 1. The van der Waals surface area contributed by atoms with Gasteiger partial charge in [-0.05, 0) is 6.07 Å². The zero-order chi connectivity index (χ0) is 14.5. The largest absolute Gasteiger partial charge is 0.479 e. The summed E-state index contributed by atoms with van der Waals surface area (Å²) in [6.45, 7) is 0. The molecule has 1 N–H and O–H groups in total. The van der Waals surface area contributed by atoms with Crippen LogP contribution in [0.3, 0.4) is 0 Å². The van der Waals surface area contributed by atoms with Crippen molar-refractivity contribution in [2.45, 2.75) is 6.42 Å². The quantitative estimate of drug-likeness (QED) is 0.887. The van der Waals surface area contributed by atoms with E-state index >= 15 is 0 Å². The molecule has 0 saturated heterocycles. The molecule has 106 valence electrons. The molecule has 0 saturated carbocycles. The topological polar surface area (TPSA) is 80.5 Å². The maximum absolute atomic E-state index is 12.0. The Bertz CT molecular complexity index is 581. The molecule has 1 amide bonds. The van der Waals surface area contributed by atoms with Gasteiger partial charge in [-0.25, -0.2) is 4.98 Å². The van der Waals surface area contributed by atoms with E-state index < -0.39 is 0 Å². The number of ether oxygens (including phenoxy) is 1. The van der Waals surface area contributed by atoms with Crippen molar-refractivity contribution in [3.8, 4) is 5.88 Å². The van der Waals surface area contributed by atoms with E-state index in [9.17, 15) is 4.79 Å². The zero-order valence-corrected chi connectivity index (χ0v) is 11.6. The number of carbonyl (C=O) groups is 1. The van der Waals surface area contributed by atoms with Crippen molar-refractivity contribution in [2.24, 2.45) is 0 Å². The minimum atomic E-state index is -0.215. The third-order valence-electron chi connectivity index (χ3n) is 2.67. The van der Waals surface area contributed by atoms with Crippen LogP contribution >= 0.6 is 0 Å². The van der Waals surface area contributed by atoms with E-state index in [2.05, 4.69) is 15.5 Å². The van der Waals surface area contributed by atoms with Crippen LogP contribution in [0.5, 0.6) is 5.88 Å². The fourth-order valence-corrected chi connectivity index (χ4v) is 1.75. The van der Waals surface area contributed by atoms with Gasteiger partial charge in [0.2, 0.25) is 11.8 Å². The second-order valence-electron chi connectivity index (χ2n) is 4.32. The van der Waals surface area contributed by atoms with Crippen molar-refractivity contribution < 1.29 is 14.1 Å². The summed E-state index contributed by atoms with van der Waals surface area (Å²) in [6, 6.07) is 3.45. The highest BCUT2D eigenvalue weighted by atomic mass is 16.5. The number of carbonyl (C=O) groups excluding carboxylic acids is 1. The molecule has 0 spiro atoms. The van der Waals surface area contributed by atoms with Crippen molar-refractivity contribution >= 4 is 17.3 Å². The Labute approximate surface area is 116 Å². The molecule has 2 aromatic heterocycles. The predicted octanol–water partition coefficient (Wildman–Crippen LogP) is 1.33. The molecular formula is C13H16N4O3. The fourth-order valence-electron chi connectivity index (χ4n) is 1.75. The number of rotatable bonds is 5. The summed E-state index contributed by atoms with van der Waals surface area (Å²) in [7, 11) is 5.26. The number of hydrogen-bond acceptors (Lipinski definition) is 6. The Hall–Kier alpha value is -2.57. The van der Waals surface area contributed by atoms with Crippen LogP contribution in [0.25, 0.3) is 0 Å². The number of aromatic nitrogens is 2. The van der Waals surface area contributed by atoms with Gasteiger partial charge < -0.3 is 19.5 Å². The molecule has 0 aliphatic heterocycles. The minimum Gasteiger partial charge on any atom is -0.479 e. The summed E-state index contributed by atoms with van der Waals surface area (Å²) >= 11 is 0. The average Bonchev–Trinajstić information content (AvgIpc) is 2.91. The Morgan fingerprint density at radius 3 is 2.85 bits per heavy atom. The first-order chi connectivity index (χ1) is 9.61. The molecule has 0 aliphatic carbocycles. The van der Waals surface area contributed by atoms with E-state index in [0.29, 0.717) is 17.3 Å². The minimum absolute atomic E-state index is 0.126. The molecule has 0 aliphatic rings. The lowest BCUT2D eigenvalue weighted by atomic mass is 10.2. The van der Waals surface area contributed by atoms with E-state index in [0.717, 1.165) is 5.69 Å². The number of amides is 1. The summed E-state index contributed by atoms with van der Waals surface area (Å²) in [6.07, 6.45) is 3.18. The Balaban J connectivity index is 2.21. The van der Waals surface area contributed by atoms with Gasteiger partial charge in [-0.3, -0.25) is 4.79 Å². The van der Waals surface area contributed by atoms with Crippen LogP contribution in [0.15, 0.2) is 29.1 Å². The van der Waals surface area contributed by atoms with Gasteiger partial charge in [0, 0.05) is 26.4 Å². The molecule has 2 rings (SSSR count). The molecule has 7 heteroatoms. The van der Waals surface area contributed by atoms with Crippen molar-refractivity contribution in [2.75, 3.05) is 31.4 Å². The maximum atomic E-state index is 12.0. The van der Waals surface area contributed by atoms with Gasteiger partial charge in [0.15, 0.2) is 0 Å². The smallest absolute Gasteiger partial charge is 0.239 e. The second kappa shape index (κ2) is 6.05. The van der Waals surface area contributed by atoms with E-state index in [1.165, 1.54) is 13.4 Å². The van der Waals surface area contributed by atoms with E-state index in [-0.39, 0.29) is 12.3 Å². The standard InChI is InChI=1S/C13H16N4O3/c1-17(2)10-4-6-14-13(19-3)12(10)15-11(18)8-9-5-7-20-16-9/h4-7H,8H2,1-3H3,(H,15,18). The van der Waals surface area contributed by atoms with Gasteiger partial charge in [0.1, 0.15) is 12.0 Å². The van der Waals surface area contributed by atoms with Crippen molar-refractivity contribution in [1.82, 2.24) is 10.1 Å². The van der Waals surface area contributed by atoms with Crippen LogP contribution < -0.4 is 15.0 Å². The number of nitrogens with one attached hydrogen (secondary N) is 1.